The molecule has 1 fully saturated rings. The fraction of sp³-hybridized carbons (Fsp3) is 0.242. The molecule has 4 aromatic rings. The second-order valence-corrected chi connectivity index (χ2v) is 10.5. The molecule has 0 aliphatic carbocycles. The van der Waals surface area contributed by atoms with Gasteiger partial charge in [0.15, 0.2) is 0 Å². The highest BCUT2D eigenvalue weighted by Gasteiger charge is 2.46. The quantitative estimate of drug-likeness (QED) is 0.171. The smallest absolute Gasteiger partial charge is 0.324 e. The lowest BCUT2D eigenvalue weighted by Gasteiger charge is -2.51. The highest BCUT2D eigenvalue weighted by molar-refractivity contribution is 6.42. The second kappa shape index (κ2) is 12.4. The van der Waals surface area contributed by atoms with Crippen molar-refractivity contribution in [1.82, 2.24) is 9.80 Å². The van der Waals surface area contributed by atoms with Gasteiger partial charge in [-0.3, -0.25) is 14.6 Å². The van der Waals surface area contributed by atoms with Crippen LogP contribution < -0.4 is 0 Å². The molecule has 1 aliphatic rings. The van der Waals surface area contributed by atoms with Crippen LogP contribution in [0.5, 0.6) is 0 Å². The molecule has 39 heavy (non-hydrogen) atoms. The molecule has 0 N–H and O–H groups in total. The van der Waals surface area contributed by atoms with Crippen molar-refractivity contribution in [3.63, 3.8) is 0 Å². The predicted molar refractivity (Wildman–Crippen MR) is 158 cm³/mol. The number of hydrogen-bond acceptors (Lipinski definition) is 4. The third-order valence-electron chi connectivity index (χ3n) is 7.50. The summed E-state index contributed by atoms with van der Waals surface area (Å²) in [6.45, 7) is 4.54. The lowest BCUT2D eigenvalue weighted by atomic mass is 9.75. The maximum absolute atomic E-state index is 13.5. The summed E-state index contributed by atoms with van der Waals surface area (Å²) in [6, 6.07) is 36.8. The first-order valence-corrected chi connectivity index (χ1v) is 14.1. The van der Waals surface area contributed by atoms with E-state index in [0.717, 1.165) is 28.8 Å². The van der Waals surface area contributed by atoms with Crippen LogP contribution in [0.3, 0.4) is 0 Å². The Bertz CT molecular complexity index is 1290. The zero-order valence-corrected chi connectivity index (χ0v) is 23.5. The van der Waals surface area contributed by atoms with Gasteiger partial charge >= 0.3 is 5.97 Å². The van der Waals surface area contributed by atoms with Gasteiger partial charge in [-0.05, 0) is 35.2 Å². The van der Waals surface area contributed by atoms with Crippen molar-refractivity contribution >= 4 is 29.2 Å². The van der Waals surface area contributed by atoms with E-state index in [2.05, 4.69) is 82.6 Å². The third-order valence-corrected chi connectivity index (χ3v) is 8.36. The highest BCUT2D eigenvalue weighted by Crippen LogP contribution is 2.43. The predicted octanol–water partition coefficient (Wildman–Crippen LogP) is 7.03. The minimum Gasteiger partial charge on any atom is -0.465 e. The molecule has 0 aromatic heterocycles. The third kappa shape index (κ3) is 5.48. The SMILES string of the molecule is CCOC(=O)C1CN(C(c2ccccc2)(c2ccccc2)c2ccccc2)CCN1Cc1cccc(Cl)c1Cl. The highest BCUT2D eigenvalue weighted by atomic mass is 35.5. The van der Waals surface area contributed by atoms with E-state index in [-0.39, 0.29) is 5.97 Å². The molecule has 1 atom stereocenters. The molecule has 6 heteroatoms. The zero-order chi connectivity index (χ0) is 27.2. The molecule has 0 spiro atoms. The minimum atomic E-state index is -0.603. The fourth-order valence-corrected chi connectivity index (χ4v) is 6.13. The number of halogens is 2. The van der Waals surface area contributed by atoms with Gasteiger partial charge in [-0.2, -0.15) is 0 Å². The van der Waals surface area contributed by atoms with Gasteiger partial charge in [0.2, 0.25) is 0 Å². The number of carbonyl (C=O) groups is 1. The Kier molecular flexibility index (Phi) is 8.69. The van der Waals surface area contributed by atoms with Crippen LogP contribution in [-0.2, 0) is 21.6 Å². The van der Waals surface area contributed by atoms with E-state index >= 15 is 0 Å². The van der Waals surface area contributed by atoms with Crippen molar-refractivity contribution in [2.75, 3.05) is 26.2 Å². The standard InChI is InChI=1S/C33H32Cl2N2O2/c1-2-39-32(38)30-24-37(22-21-36(30)23-25-13-12-20-29(34)31(25)35)33(26-14-6-3-7-15-26,27-16-8-4-9-17-27)28-18-10-5-11-19-28/h3-20,30H,2,21-24H2,1H3. The maximum atomic E-state index is 13.5. The normalized spacial score (nSPS) is 16.6. The molecule has 0 saturated carbocycles. The molecule has 0 radical (unpaired) electrons. The van der Waals surface area contributed by atoms with Crippen LogP contribution in [0.4, 0.5) is 0 Å². The summed E-state index contributed by atoms with van der Waals surface area (Å²) in [5.74, 6) is -0.233. The summed E-state index contributed by atoms with van der Waals surface area (Å²) in [4.78, 5) is 18.1. The van der Waals surface area contributed by atoms with E-state index in [1.54, 1.807) is 6.07 Å². The molecule has 200 valence electrons. The number of esters is 1. The van der Waals surface area contributed by atoms with E-state index in [0.29, 0.717) is 36.3 Å². The van der Waals surface area contributed by atoms with Crippen LogP contribution in [0.25, 0.3) is 0 Å². The lowest BCUT2D eigenvalue weighted by molar-refractivity contribution is -0.153. The van der Waals surface area contributed by atoms with Crippen LogP contribution in [0.1, 0.15) is 29.2 Å². The number of ether oxygens (including phenoxy) is 1. The van der Waals surface area contributed by atoms with Gasteiger partial charge in [-0.25, -0.2) is 0 Å². The molecule has 0 amide bonds. The maximum Gasteiger partial charge on any atom is 0.324 e. The summed E-state index contributed by atoms with van der Waals surface area (Å²) in [7, 11) is 0. The van der Waals surface area contributed by atoms with Crippen molar-refractivity contribution in [3.05, 3.63) is 141 Å². The van der Waals surface area contributed by atoms with Crippen LogP contribution in [0.15, 0.2) is 109 Å². The van der Waals surface area contributed by atoms with Crippen LogP contribution >= 0.6 is 23.2 Å². The summed E-state index contributed by atoms with van der Waals surface area (Å²) in [5, 5.41) is 1.04. The summed E-state index contributed by atoms with van der Waals surface area (Å²) in [5.41, 5.74) is 3.74. The van der Waals surface area contributed by atoms with Gasteiger partial charge in [-0.15, -0.1) is 0 Å². The first-order chi connectivity index (χ1) is 19.1. The Morgan fingerprint density at radius 3 is 1.85 bits per heavy atom. The number of hydrogen-bond donors (Lipinski definition) is 0. The Morgan fingerprint density at radius 1 is 0.795 bits per heavy atom. The van der Waals surface area contributed by atoms with Crippen molar-refractivity contribution in [3.8, 4) is 0 Å². The lowest BCUT2D eigenvalue weighted by Crippen LogP contribution is -2.62. The van der Waals surface area contributed by atoms with Crippen molar-refractivity contribution in [1.29, 1.82) is 0 Å². The average Bonchev–Trinajstić information content (AvgIpc) is 2.98. The number of benzene rings is 4. The molecule has 4 nitrogen and oxygen atoms in total. The Morgan fingerprint density at radius 2 is 1.33 bits per heavy atom. The Balaban J connectivity index is 1.62. The van der Waals surface area contributed by atoms with Gasteiger partial charge in [0, 0.05) is 26.2 Å². The van der Waals surface area contributed by atoms with E-state index in [1.807, 2.05) is 37.3 Å². The largest absolute Gasteiger partial charge is 0.465 e. The summed E-state index contributed by atoms with van der Waals surface area (Å²) in [6.07, 6.45) is 0. The van der Waals surface area contributed by atoms with Crippen LogP contribution in [0, 0.1) is 0 Å². The average molecular weight is 560 g/mol. The monoisotopic (exact) mass is 558 g/mol. The van der Waals surface area contributed by atoms with E-state index < -0.39 is 11.6 Å². The number of nitrogens with zero attached hydrogens (tertiary/aromatic N) is 2. The summed E-state index contributed by atoms with van der Waals surface area (Å²) >= 11 is 12.9. The van der Waals surface area contributed by atoms with Gasteiger partial charge in [0.25, 0.3) is 0 Å². The topological polar surface area (TPSA) is 32.8 Å². The van der Waals surface area contributed by atoms with E-state index in [1.165, 1.54) is 0 Å². The molecule has 1 unspecified atom stereocenters. The first kappa shape index (κ1) is 27.4. The molecule has 1 heterocycles. The minimum absolute atomic E-state index is 0.233. The van der Waals surface area contributed by atoms with Crippen molar-refractivity contribution in [2.24, 2.45) is 0 Å². The summed E-state index contributed by atoms with van der Waals surface area (Å²) < 4.78 is 5.62. The number of rotatable bonds is 8. The van der Waals surface area contributed by atoms with Gasteiger partial charge in [0.05, 0.1) is 22.2 Å². The Hall–Kier alpha value is -3.15. The second-order valence-electron chi connectivity index (χ2n) is 9.71. The molecular formula is C33H32Cl2N2O2. The van der Waals surface area contributed by atoms with Gasteiger partial charge in [0.1, 0.15) is 6.04 Å². The fourth-order valence-electron chi connectivity index (χ4n) is 5.75. The van der Waals surface area contributed by atoms with Crippen molar-refractivity contribution < 1.29 is 9.53 Å². The molecule has 0 bridgehead atoms. The van der Waals surface area contributed by atoms with Crippen molar-refractivity contribution in [2.45, 2.75) is 25.0 Å². The van der Waals surface area contributed by atoms with Gasteiger partial charge < -0.3 is 4.74 Å². The number of carbonyl (C=O) groups excluding carboxylic acids is 1. The number of piperazine rings is 1. The molecular weight excluding hydrogens is 527 g/mol. The zero-order valence-electron chi connectivity index (χ0n) is 22.0. The van der Waals surface area contributed by atoms with E-state index in [4.69, 9.17) is 27.9 Å². The van der Waals surface area contributed by atoms with E-state index in [9.17, 15) is 4.79 Å². The van der Waals surface area contributed by atoms with Crippen LogP contribution in [-0.4, -0.2) is 48.1 Å². The van der Waals surface area contributed by atoms with Gasteiger partial charge in [-0.1, -0.05) is 126 Å². The molecule has 1 saturated heterocycles. The molecule has 1 aliphatic heterocycles. The Labute approximate surface area is 240 Å². The first-order valence-electron chi connectivity index (χ1n) is 13.3. The molecule has 4 aromatic carbocycles. The molecule has 5 rings (SSSR count). The van der Waals surface area contributed by atoms with Crippen LogP contribution in [0.2, 0.25) is 10.0 Å².